The van der Waals surface area contributed by atoms with Crippen molar-refractivity contribution in [2.75, 3.05) is 0 Å². The Labute approximate surface area is 131 Å². The van der Waals surface area contributed by atoms with Crippen LogP contribution in [0.15, 0.2) is 65.3 Å². The fourth-order valence-corrected chi connectivity index (χ4v) is 2.47. The molecule has 1 heterocycles. The van der Waals surface area contributed by atoms with Crippen LogP contribution in [0.25, 0.3) is 11.3 Å². The van der Waals surface area contributed by atoms with E-state index in [0.29, 0.717) is 17.8 Å². The molecule has 3 nitrogen and oxygen atoms in total. The maximum absolute atomic E-state index is 11.3. The summed E-state index contributed by atoms with van der Waals surface area (Å²) in [6.07, 6.45) is 2.64. The fraction of sp³-hybridized carbons (Fsp3) is 0.0588. The second-order valence-electron chi connectivity index (χ2n) is 4.74. The summed E-state index contributed by atoms with van der Waals surface area (Å²) in [4.78, 5) is 11.3. The number of hydrogen-bond donors (Lipinski definition) is 0. The highest BCUT2D eigenvalue weighted by atomic mass is 79.9. The molecule has 0 bridgehead atoms. The molecule has 21 heavy (non-hydrogen) atoms. The van der Waals surface area contributed by atoms with Crippen molar-refractivity contribution >= 4 is 22.2 Å². The number of aldehydes is 1. The van der Waals surface area contributed by atoms with Crippen LogP contribution in [0.3, 0.4) is 0 Å². The Kier molecular flexibility index (Phi) is 3.97. The first kappa shape index (κ1) is 13.8. The molecule has 104 valence electrons. The van der Waals surface area contributed by atoms with Crippen LogP contribution in [-0.4, -0.2) is 16.1 Å². The lowest BCUT2D eigenvalue weighted by atomic mass is 10.1. The summed E-state index contributed by atoms with van der Waals surface area (Å²) in [7, 11) is 0. The highest BCUT2D eigenvalue weighted by Gasteiger charge is 2.10. The van der Waals surface area contributed by atoms with Crippen LogP contribution in [0.2, 0.25) is 0 Å². The average molecular weight is 341 g/mol. The van der Waals surface area contributed by atoms with Gasteiger partial charge in [-0.25, -0.2) is 0 Å². The lowest BCUT2D eigenvalue weighted by molar-refractivity contribution is 0.112. The smallest absolute Gasteiger partial charge is 0.153 e. The van der Waals surface area contributed by atoms with Crippen LogP contribution in [-0.2, 0) is 6.54 Å². The van der Waals surface area contributed by atoms with Crippen LogP contribution in [0, 0.1) is 0 Å². The van der Waals surface area contributed by atoms with Gasteiger partial charge in [-0.2, -0.15) is 5.10 Å². The Morgan fingerprint density at radius 2 is 1.76 bits per heavy atom. The third-order valence-electron chi connectivity index (χ3n) is 3.22. The third-order valence-corrected chi connectivity index (χ3v) is 3.75. The second-order valence-corrected chi connectivity index (χ2v) is 5.66. The average Bonchev–Trinajstić information content (AvgIpc) is 2.92. The quantitative estimate of drug-likeness (QED) is 0.668. The number of aromatic nitrogens is 2. The zero-order valence-corrected chi connectivity index (χ0v) is 12.8. The van der Waals surface area contributed by atoms with Crippen molar-refractivity contribution in [3.63, 3.8) is 0 Å². The van der Waals surface area contributed by atoms with Gasteiger partial charge >= 0.3 is 0 Å². The Bertz CT molecular complexity index is 748. The van der Waals surface area contributed by atoms with E-state index in [1.54, 1.807) is 10.9 Å². The van der Waals surface area contributed by atoms with Gasteiger partial charge < -0.3 is 0 Å². The number of carbonyl (C=O) groups is 1. The zero-order valence-electron chi connectivity index (χ0n) is 11.2. The van der Waals surface area contributed by atoms with E-state index in [1.807, 2.05) is 54.6 Å². The van der Waals surface area contributed by atoms with Crippen LogP contribution in [0.5, 0.6) is 0 Å². The SMILES string of the molecule is O=Cc1cn(Cc2ccccc2)nc1-c1ccc(Br)cc1. The molecular weight excluding hydrogens is 328 g/mol. The van der Waals surface area contributed by atoms with E-state index in [9.17, 15) is 4.79 Å². The first-order valence-corrected chi connectivity index (χ1v) is 7.38. The van der Waals surface area contributed by atoms with E-state index in [-0.39, 0.29) is 0 Å². The van der Waals surface area contributed by atoms with Gasteiger partial charge in [-0.1, -0.05) is 58.4 Å². The number of halogens is 1. The van der Waals surface area contributed by atoms with Gasteiger partial charge in [-0.3, -0.25) is 9.48 Å². The van der Waals surface area contributed by atoms with E-state index in [4.69, 9.17) is 0 Å². The molecule has 0 unspecified atom stereocenters. The van der Waals surface area contributed by atoms with Gasteiger partial charge in [-0.15, -0.1) is 0 Å². The topological polar surface area (TPSA) is 34.9 Å². The Morgan fingerprint density at radius 1 is 1.05 bits per heavy atom. The predicted octanol–water partition coefficient (Wildman–Crippen LogP) is 4.17. The van der Waals surface area contributed by atoms with Gasteiger partial charge in [0.1, 0.15) is 5.69 Å². The van der Waals surface area contributed by atoms with E-state index in [0.717, 1.165) is 21.9 Å². The number of rotatable bonds is 4. The van der Waals surface area contributed by atoms with Crippen molar-refractivity contribution in [1.82, 2.24) is 9.78 Å². The molecule has 0 radical (unpaired) electrons. The number of hydrogen-bond acceptors (Lipinski definition) is 2. The van der Waals surface area contributed by atoms with E-state index in [1.165, 1.54) is 0 Å². The van der Waals surface area contributed by atoms with Crippen molar-refractivity contribution in [1.29, 1.82) is 0 Å². The van der Waals surface area contributed by atoms with Gasteiger partial charge in [0.05, 0.1) is 12.1 Å². The molecule has 0 spiro atoms. The highest BCUT2D eigenvalue weighted by Crippen LogP contribution is 2.23. The second kappa shape index (κ2) is 6.06. The Hall–Kier alpha value is -2.20. The molecule has 1 aromatic heterocycles. The molecule has 0 N–H and O–H groups in total. The molecule has 0 fully saturated rings. The van der Waals surface area contributed by atoms with Crippen molar-refractivity contribution in [3.8, 4) is 11.3 Å². The summed E-state index contributed by atoms with van der Waals surface area (Å²) in [5.74, 6) is 0. The maximum Gasteiger partial charge on any atom is 0.153 e. The largest absolute Gasteiger partial charge is 0.298 e. The van der Waals surface area contributed by atoms with Crippen molar-refractivity contribution < 1.29 is 4.79 Å². The molecule has 2 aromatic carbocycles. The van der Waals surface area contributed by atoms with E-state index < -0.39 is 0 Å². The monoisotopic (exact) mass is 340 g/mol. The minimum absolute atomic E-state index is 0.605. The molecule has 4 heteroatoms. The molecule has 0 saturated heterocycles. The van der Waals surface area contributed by atoms with E-state index >= 15 is 0 Å². The standard InChI is InChI=1S/C17H13BrN2O/c18-16-8-6-14(7-9-16)17-15(12-21)11-20(19-17)10-13-4-2-1-3-5-13/h1-9,11-12H,10H2. The normalized spacial score (nSPS) is 10.5. The summed E-state index contributed by atoms with van der Waals surface area (Å²) >= 11 is 3.41. The fourth-order valence-electron chi connectivity index (χ4n) is 2.21. The van der Waals surface area contributed by atoms with Crippen LogP contribution >= 0.6 is 15.9 Å². The summed E-state index contributed by atoms with van der Waals surface area (Å²) < 4.78 is 2.80. The first-order valence-electron chi connectivity index (χ1n) is 6.59. The van der Waals surface area contributed by atoms with Gasteiger partial charge in [-0.05, 0) is 17.7 Å². The van der Waals surface area contributed by atoms with Gasteiger partial charge in [0.15, 0.2) is 6.29 Å². The Morgan fingerprint density at radius 3 is 2.43 bits per heavy atom. The molecule has 3 aromatic rings. The first-order chi connectivity index (χ1) is 10.3. The lowest BCUT2D eigenvalue weighted by Gasteiger charge is -2.01. The van der Waals surface area contributed by atoms with Crippen molar-refractivity contribution in [3.05, 3.63) is 76.4 Å². The third kappa shape index (κ3) is 3.11. The zero-order chi connectivity index (χ0) is 14.7. The number of nitrogens with zero attached hydrogens (tertiary/aromatic N) is 2. The van der Waals surface area contributed by atoms with Gasteiger partial charge in [0.25, 0.3) is 0 Å². The molecular formula is C17H13BrN2O. The molecule has 3 rings (SSSR count). The molecule has 0 saturated carbocycles. The van der Waals surface area contributed by atoms with Gasteiger partial charge in [0.2, 0.25) is 0 Å². The van der Waals surface area contributed by atoms with Crippen molar-refractivity contribution in [2.24, 2.45) is 0 Å². The molecule has 0 aliphatic rings. The Balaban J connectivity index is 1.95. The lowest BCUT2D eigenvalue weighted by Crippen LogP contribution is -1.99. The molecule has 0 amide bonds. The number of carbonyl (C=O) groups excluding carboxylic acids is 1. The van der Waals surface area contributed by atoms with Crippen LogP contribution in [0.4, 0.5) is 0 Å². The summed E-state index contributed by atoms with van der Waals surface area (Å²) in [6.45, 7) is 0.651. The summed E-state index contributed by atoms with van der Waals surface area (Å²) in [5, 5.41) is 4.55. The minimum Gasteiger partial charge on any atom is -0.298 e. The summed E-state index contributed by atoms with van der Waals surface area (Å²) in [6, 6.07) is 17.9. The molecule has 0 aliphatic heterocycles. The van der Waals surface area contributed by atoms with E-state index in [2.05, 4.69) is 21.0 Å². The highest BCUT2D eigenvalue weighted by molar-refractivity contribution is 9.10. The predicted molar refractivity (Wildman–Crippen MR) is 86.3 cm³/mol. The summed E-state index contributed by atoms with van der Waals surface area (Å²) in [5.41, 5.74) is 3.41. The van der Waals surface area contributed by atoms with Crippen LogP contribution in [0.1, 0.15) is 15.9 Å². The van der Waals surface area contributed by atoms with Crippen molar-refractivity contribution in [2.45, 2.75) is 6.54 Å². The maximum atomic E-state index is 11.3. The number of benzene rings is 2. The molecule has 0 atom stereocenters. The van der Waals surface area contributed by atoms with Crippen LogP contribution < -0.4 is 0 Å². The van der Waals surface area contributed by atoms with Gasteiger partial charge in [0, 0.05) is 16.2 Å². The molecule has 0 aliphatic carbocycles. The minimum atomic E-state index is 0.605.